The summed E-state index contributed by atoms with van der Waals surface area (Å²) in [6.07, 6.45) is 4.75. The monoisotopic (exact) mass is 537 g/mol. The van der Waals surface area contributed by atoms with E-state index in [2.05, 4.69) is 20.5 Å². The first-order valence-corrected chi connectivity index (χ1v) is 14.3. The zero-order valence-electron chi connectivity index (χ0n) is 22.8. The van der Waals surface area contributed by atoms with E-state index in [0.717, 1.165) is 37.2 Å². The number of nitrogens with one attached hydrogen (secondary N) is 2. The minimum Gasteiger partial charge on any atom is -0.383 e. The molecule has 10 nitrogen and oxygen atoms in total. The minimum atomic E-state index is -0.568. The van der Waals surface area contributed by atoms with E-state index in [-0.39, 0.29) is 41.8 Å². The molecule has 0 saturated carbocycles. The molecule has 3 heterocycles. The number of thiazole rings is 1. The number of hydrogen-bond acceptors (Lipinski definition) is 8. The average molecular weight is 538 g/mol. The molecule has 0 spiro atoms. The van der Waals surface area contributed by atoms with Crippen molar-refractivity contribution in [1.29, 1.82) is 0 Å². The molecule has 2 aliphatic heterocycles. The van der Waals surface area contributed by atoms with Gasteiger partial charge in [0.15, 0.2) is 0 Å². The van der Waals surface area contributed by atoms with E-state index in [0.29, 0.717) is 38.3 Å². The van der Waals surface area contributed by atoms with Crippen LogP contribution in [0.2, 0.25) is 0 Å². The number of likely N-dealkylation sites (tertiary alicyclic amines) is 1. The zero-order valence-corrected chi connectivity index (χ0v) is 23.6. The molecular formula is C26H43N5O5S. The molecule has 2 aliphatic rings. The molecule has 0 aliphatic carbocycles. The van der Waals surface area contributed by atoms with Crippen molar-refractivity contribution in [3.63, 3.8) is 0 Å². The number of amides is 3. The predicted molar refractivity (Wildman–Crippen MR) is 142 cm³/mol. The van der Waals surface area contributed by atoms with Crippen LogP contribution in [0.3, 0.4) is 0 Å². The van der Waals surface area contributed by atoms with Gasteiger partial charge in [0.1, 0.15) is 22.8 Å². The molecule has 2 N–H and O–H groups in total. The van der Waals surface area contributed by atoms with Crippen molar-refractivity contribution in [2.45, 2.75) is 76.6 Å². The summed E-state index contributed by atoms with van der Waals surface area (Å²) in [6.45, 7) is 6.31. The molecule has 0 radical (unpaired) electrons. The number of aromatic nitrogens is 1. The molecule has 3 amide bonds. The largest absolute Gasteiger partial charge is 0.383 e. The quantitative estimate of drug-likeness (QED) is 0.416. The van der Waals surface area contributed by atoms with Crippen molar-refractivity contribution in [2.24, 2.45) is 5.92 Å². The maximum Gasteiger partial charge on any atom is 0.270 e. The number of piperidine rings is 1. The first kappa shape index (κ1) is 29.5. The van der Waals surface area contributed by atoms with E-state index in [1.54, 1.807) is 17.4 Å². The van der Waals surface area contributed by atoms with Crippen LogP contribution in [0.15, 0.2) is 5.38 Å². The third kappa shape index (κ3) is 7.72. The van der Waals surface area contributed by atoms with Crippen molar-refractivity contribution < 1.29 is 23.9 Å². The Morgan fingerprint density at radius 2 is 2.11 bits per heavy atom. The summed E-state index contributed by atoms with van der Waals surface area (Å²) in [6, 6.07) is -0.798. The second kappa shape index (κ2) is 14.2. The van der Waals surface area contributed by atoms with Crippen molar-refractivity contribution in [1.82, 2.24) is 25.4 Å². The highest BCUT2D eigenvalue weighted by Gasteiger charge is 2.37. The normalized spacial score (nSPS) is 24.2. The van der Waals surface area contributed by atoms with Gasteiger partial charge in [-0.2, -0.15) is 0 Å². The van der Waals surface area contributed by atoms with Gasteiger partial charge in [-0.1, -0.05) is 26.7 Å². The third-order valence-electron chi connectivity index (χ3n) is 7.62. The Bertz CT molecular complexity index is 912. The lowest BCUT2D eigenvalue weighted by atomic mass is 9.94. The van der Waals surface area contributed by atoms with Crippen LogP contribution < -0.4 is 10.6 Å². The lowest BCUT2D eigenvalue weighted by Gasteiger charge is -2.38. The topological polar surface area (TPSA) is 113 Å². The molecule has 0 bridgehead atoms. The van der Waals surface area contributed by atoms with E-state index in [4.69, 9.17) is 9.47 Å². The summed E-state index contributed by atoms with van der Waals surface area (Å²) in [5.41, 5.74) is 0.360. The molecule has 2 saturated heterocycles. The van der Waals surface area contributed by atoms with Gasteiger partial charge in [-0.05, 0) is 38.8 Å². The zero-order chi connectivity index (χ0) is 26.9. The lowest BCUT2D eigenvalue weighted by molar-refractivity contribution is -0.142. The SMILES string of the molecule is CC[C@H](C)[C@H](NC(=O)[C@H]1CCCCN1C)C(=O)N(C)[C@H]1CCO[C@@H](c2nc(C(=O)NCCOC)cs2)C1. The van der Waals surface area contributed by atoms with Gasteiger partial charge in [0, 0.05) is 45.2 Å². The molecule has 11 heteroatoms. The van der Waals surface area contributed by atoms with Gasteiger partial charge in [-0.15, -0.1) is 11.3 Å². The fraction of sp³-hybridized carbons (Fsp3) is 0.769. The Kier molecular flexibility index (Phi) is 11.3. The summed E-state index contributed by atoms with van der Waals surface area (Å²) in [4.78, 5) is 47.5. The first-order chi connectivity index (χ1) is 17.8. The molecule has 3 rings (SSSR count). The number of carbonyl (C=O) groups is 3. The molecular weight excluding hydrogens is 494 g/mol. The van der Waals surface area contributed by atoms with Crippen LogP contribution in [0.25, 0.3) is 0 Å². The molecule has 0 unspecified atom stereocenters. The number of carbonyl (C=O) groups excluding carboxylic acids is 3. The van der Waals surface area contributed by atoms with E-state index in [9.17, 15) is 14.4 Å². The maximum absolute atomic E-state index is 13.7. The van der Waals surface area contributed by atoms with Gasteiger partial charge in [0.05, 0.1) is 12.6 Å². The Labute approximate surface area is 224 Å². The van der Waals surface area contributed by atoms with Crippen molar-refractivity contribution >= 4 is 29.1 Å². The summed E-state index contributed by atoms with van der Waals surface area (Å²) in [5, 5.41) is 8.34. The van der Waals surface area contributed by atoms with Gasteiger partial charge in [0.2, 0.25) is 11.8 Å². The molecule has 37 heavy (non-hydrogen) atoms. The number of likely N-dealkylation sites (N-methyl/N-ethyl adjacent to an activating group) is 2. The van der Waals surface area contributed by atoms with Gasteiger partial charge < -0.3 is 25.0 Å². The van der Waals surface area contributed by atoms with Crippen LogP contribution in [-0.2, 0) is 19.1 Å². The van der Waals surface area contributed by atoms with Gasteiger partial charge >= 0.3 is 0 Å². The molecule has 5 atom stereocenters. The van der Waals surface area contributed by atoms with Crippen molar-refractivity contribution in [2.75, 3.05) is 47.5 Å². The summed E-state index contributed by atoms with van der Waals surface area (Å²) in [7, 11) is 5.38. The number of methoxy groups -OCH3 is 1. The Balaban J connectivity index is 1.64. The fourth-order valence-corrected chi connectivity index (χ4v) is 5.80. The summed E-state index contributed by atoms with van der Waals surface area (Å²) >= 11 is 1.39. The average Bonchev–Trinajstić information content (AvgIpc) is 3.41. The first-order valence-electron chi connectivity index (χ1n) is 13.4. The Hall–Kier alpha value is -2.08. The van der Waals surface area contributed by atoms with Crippen LogP contribution in [0.1, 0.15) is 74.0 Å². The second-order valence-electron chi connectivity index (χ2n) is 10.2. The number of rotatable bonds is 11. The Morgan fingerprint density at radius 1 is 1.32 bits per heavy atom. The Morgan fingerprint density at radius 3 is 2.81 bits per heavy atom. The van der Waals surface area contributed by atoms with Crippen molar-refractivity contribution in [3.05, 3.63) is 16.1 Å². The van der Waals surface area contributed by atoms with Crippen LogP contribution in [-0.4, -0.2) is 98.1 Å². The second-order valence-corrected chi connectivity index (χ2v) is 11.1. The number of ether oxygens (including phenoxy) is 2. The number of hydrogen-bond donors (Lipinski definition) is 2. The fourth-order valence-electron chi connectivity index (χ4n) is 4.94. The summed E-state index contributed by atoms with van der Waals surface area (Å²) in [5.74, 6) is -0.348. The molecule has 0 aromatic carbocycles. The lowest BCUT2D eigenvalue weighted by Crippen LogP contribution is -2.57. The highest BCUT2D eigenvalue weighted by Crippen LogP contribution is 2.32. The predicted octanol–water partition coefficient (Wildman–Crippen LogP) is 2.21. The maximum atomic E-state index is 13.7. The van der Waals surface area contributed by atoms with Gasteiger partial charge in [0.25, 0.3) is 5.91 Å². The molecule has 1 aromatic heterocycles. The molecule has 2 fully saturated rings. The van der Waals surface area contributed by atoms with Gasteiger partial charge in [-0.25, -0.2) is 4.98 Å². The van der Waals surface area contributed by atoms with E-state index in [1.807, 2.05) is 27.9 Å². The summed E-state index contributed by atoms with van der Waals surface area (Å²) < 4.78 is 11.0. The van der Waals surface area contributed by atoms with Crippen molar-refractivity contribution in [3.8, 4) is 0 Å². The molecule has 1 aromatic rings. The third-order valence-corrected chi connectivity index (χ3v) is 8.56. The van der Waals surface area contributed by atoms with Crippen LogP contribution in [0, 0.1) is 5.92 Å². The minimum absolute atomic E-state index is 0.0153. The van der Waals surface area contributed by atoms with E-state index >= 15 is 0 Å². The highest BCUT2D eigenvalue weighted by atomic mass is 32.1. The standard InChI is InChI=1S/C26H43N5O5S/c1-6-17(2)22(29-24(33)20-9-7-8-12-30(20)3)26(34)31(4)18-10-13-36-21(15-18)25-28-19(16-37-25)23(32)27-11-14-35-5/h16-18,20-22H,6-15H2,1-5H3,(H,27,32)(H,29,33)/t17-,18-,20+,21+,22-/m0/s1. The molecule has 208 valence electrons. The highest BCUT2D eigenvalue weighted by molar-refractivity contribution is 7.09. The van der Waals surface area contributed by atoms with Gasteiger partial charge in [-0.3, -0.25) is 19.3 Å². The van der Waals surface area contributed by atoms with Crippen LogP contribution >= 0.6 is 11.3 Å². The van der Waals surface area contributed by atoms with Crippen LogP contribution in [0.4, 0.5) is 0 Å². The smallest absolute Gasteiger partial charge is 0.270 e. The van der Waals surface area contributed by atoms with Crippen LogP contribution in [0.5, 0.6) is 0 Å². The van der Waals surface area contributed by atoms with E-state index in [1.165, 1.54) is 11.3 Å². The number of nitrogens with zero attached hydrogens (tertiary/aromatic N) is 3. The van der Waals surface area contributed by atoms with E-state index < -0.39 is 6.04 Å².